The number of hydrogen-bond donors (Lipinski definition) is 2. The van der Waals surface area contributed by atoms with Crippen LogP contribution < -0.4 is 0 Å². The first kappa shape index (κ1) is 12.1. The number of carbonyl (C=O) groups excluding carboxylic acids is 1. The third-order valence-electron chi connectivity index (χ3n) is 1.77. The van der Waals surface area contributed by atoms with Gasteiger partial charge in [-0.1, -0.05) is 20.8 Å². The molecule has 0 aromatic heterocycles. The Morgan fingerprint density at radius 2 is 1.62 bits per heavy atom. The monoisotopic (exact) mass is 188 g/mol. The van der Waals surface area contributed by atoms with E-state index in [2.05, 4.69) is 0 Å². The highest BCUT2D eigenvalue weighted by atomic mass is 16.4. The van der Waals surface area contributed by atoms with Crippen LogP contribution in [-0.2, 0) is 9.59 Å². The number of carbonyl (C=O) groups is 2. The van der Waals surface area contributed by atoms with E-state index in [1.54, 1.807) is 20.8 Å². The van der Waals surface area contributed by atoms with E-state index in [1.807, 2.05) is 0 Å². The van der Waals surface area contributed by atoms with E-state index in [0.29, 0.717) is 0 Å². The van der Waals surface area contributed by atoms with Gasteiger partial charge in [0.15, 0.2) is 5.78 Å². The Labute approximate surface area is 77.6 Å². The minimum atomic E-state index is -1.32. The third kappa shape index (κ3) is 3.14. The lowest BCUT2D eigenvalue weighted by molar-refractivity contribution is -0.153. The van der Waals surface area contributed by atoms with Crippen molar-refractivity contribution in [3.05, 3.63) is 0 Å². The highest BCUT2D eigenvalue weighted by molar-refractivity contribution is 6.01. The largest absolute Gasteiger partial charge is 0.481 e. The second-order valence-electron chi connectivity index (χ2n) is 4.17. The number of carboxylic acids is 1. The average molecular weight is 188 g/mol. The molecule has 0 bridgehead atoms. The first-order valence-corrected chi connectivity index (χ1v) is 4.13. The van der Waals surface area contributed by atoms with Gasteiger partial charge >= 0.3 is 5.97 Å². The Morgan fingerprint density at radius 1 is 1.23 bits per heavy atom. The summed E-state index contributed by atoms with van der Waals surface area (Å²) in [6.07, 6.45) is -1.15. The number of Topliss-reactive ketones (excluding diaryl/α,β-unsaturated/α-hetero) is 1. The fraction of sp³-hybridized carbons (Fsp3) is 0.778. The zero-order chi connectivity index (χ0) is 10.8. The van der Waals surface area contributed by atoms with Crippen LogP contribution in [0.2, 0.25) is 0 Å². The number of ketones is 1. The minimum absolute atomic E-state index is 0.449. The zero-order valence-electron chi connectivity index (χ0n) is 8.37. The Hall–Kier alpha value is -0.900. The van der Waals surface area contributed by atoms with Crippen LogP contribution in [0.3, 0.4) is 0 Å². The summed E-state index contributed by atoms with van der Waals surface area (Å²) in [5.74, 6) is -3.04. The van der Waals surface area contributed by atoms with Crippen molar-refractivity contribution in [2.75, 3.05) is 0 Å². The normalized spacial score (nSPS) is 16.4. The maximum Gasteiger partial charge on any atom is 0.316 e. The van der Waals surface area contributed by atoms with E-state index >= 15 is 0 Å². The zero-order valence-corrected chi connectivity index (χ0v) is 8.37. The molecular formula is C9H16O4. The molecule has 0 fully saturated rings. The van der Waals surface area contributed by atoms with Crippen molar-refractivity contribution in [1.82, 2.24) is 0 Å². The molecular weight excluding hydrogens is 172 g/mol. The van der Waals surface area contributed by atoms with E-state index in [4.69, 9.17) is 10.2 Å². The van der Waals surface area contributed by atoms with Gasteiger partial charge in [0.2, 0.25) is 0 Å². The lowest BCUT2D eigenvalue weighted by atomic mass is 9.81. The van der Waals surface area contributed by atoms with E-state index in [1.165, 1.54) is 6.92 Å². The van der Waals surface area contributed by atoms with Gasteiger partial charge in [0, 0.05) is 5.41 Å². The summed E-state index contributed by atoms with van der Waals surface area (Å²) >= 11 is 0. The van der Waals surface area contributed by atoms with E-state index in [-0.39, 0.29) is 0 Å². The molecule has 0 rings (SSSR count). The Kier molecular flexibility index (Phi) is 3.60. The molecule has 0 amide bonds. The van der Waals surface area contributed by atoms with E-state index < -0.39 is 29.2 Å². The fourth-order valence-corrected chi connectivity index (χ4v) is 1.00. The summed E-state index contributed by atoms with van der Waals surface area (Å²) in [7, 11) is 0. The second kappa shape index (κ2) is 3.87. The van der Waals surface area contributed by atoms with Gasteiger partial charge in [-0.05, 0) is 6.92 Å². The van der Waals surface area contributed by atoms with Crippen LogP contribution in [0.25, 0.3) is 0 Å². The van der Waals surface area contributed by atoms with Gasteiger partial charge in [-0.25, -0.2) is 0 Å². The highest BCUT2D eigenvalue weighted by Crippen LogP contribution is 2.22. The SMILES string of the molecule is CC(O)C(C(=O)O)C(=O)C(C)(C)C. The van der Waals surface area contributed by atoms with Gasteiger partial charge in [0.25, 0.3) is 0 Å². The van der Waals surface area contributed by atoms with Gasteiger partial charge in [-0.3, -0.25) is 9.59 Å². The van der Waals surface area contributed by atoms with Crippen LogP contribution in [0, 0.1) is 11.3 Å². The maximum absolute atomic E-state index is 11.5. The second-order valence-corrected chi connectivity index (χ2v) is 4.17. The topological polar surface area (TPSA) is 74.6 Å². The molecule has 13 heavy (non-hydrogen) atoms. The van der Waals surface area contributed by atoms with Gasteiger partial charge in [-0.15, -0.1) is 0 Å². The molecule has 4 heteroatoms. The third-order valence-corrected chi connectivity index (χ3v) is 1.77. The molecule has 0 aromatic carbocycles. The Balaban J connectivity index is 4.78. The van der Waals surface area contributed by atoms with Gasteiger partial charge in [0.1, 0.15) is 5.92 Å². The lowest BCUT2D eigenvalue weighted by Crippen LogP contribution is -2.39. The number of rotatable bonds is 3. The maximum atomic E-state index is 11.5. The first-order valence-electron chi connectivity index (χ1n) is 4.13. The van der Waals surface area contributed by atoms with Crippen molar-refractivity contribution in [3.8, 4) is 0 Å². The summed E-state index contributed by atoms with van der Waals surface area (Å²) in [6, 6.07) is 0. The van der Waals surface area contributed by atoms with Crippen LogP contribution in [0.4, 0.5) is 0 Å². The summed E-state index contributed by atoms with van der Waals surface area (Å²) in [5.41, 5.74) is -0.736. The molecule has 0 saturated heterocycles. The molecule has 0 radical (unpaired) electrons. The van der Waals surface area contributed by atoms with Gasteiger partial charge < -0.3 is 10.2 Å². The van der Waals surface area contributed by atoms with Crippen molar-refractivity contribution in [2.24, 2.45) is 11.3 Å². The van der Waals surface area contributed by atoms with Crippen molar-refractivity contribution < 1.29 is 19.8 Å². The van der Waals surface area contributed by atoms with Crippen molar-refractivity contribution in [1.29, 1.82) is 0 Å². The van der Waals surface area contributed by atoms with E-state index in [9.17, 15) is 9.59 Å². The van der Waals surface area contributed by atoms with Gasteiger partial charge in [-0.2, -0.15) is 0 Å². The minimum Gasteiger partial charge on any atom is -0.481 e. The van der Waals surface area contributed by atoms with Gasteiger partial charge in [0.05, 0.1) is 6.10 Å². The van der Waals surface area contributed by atoms with Crippen LogP contribution in [0.1, 0.15) is 27.7 Å². The lowest BCUT2D eigenvalue weighted by Gasteiger charge is -2.23. The average Bonchev–Trinajstić information content (AvgIpc) is 1.82. The van der Waals surface area contributed by atoms with Crippen LogP contribution in [-0.4, -0.2) is 28.1 Å². The molecule has 2 unspecified atom stereocenters. The number of carboxylic acid groups (broad SMARTS) is 1. The number of aliphatic hydroxyl groups is 1. The summed E-state index contributed by atoms with van der Waals surface area (Å²) in [5, 5.41) is 17.8. The molecule has 0 spiro atoms. The van der Waals surface area contributed by atoms with Crippen molar-refractivity contribution >= 4 is 11.8 Å². The molecule has 4 nitrogen and oxygen atoms in total. The number of aliphatic hydroxyl groups excluding tert-OH is 1. The van der Waals surface area contributed by atoms with E-state index in [0.717, 1.165) is 0 Å². The predicted octanol–water partition coefficient (Wildman–Crippen LogP) is 0.683. The summed E-state index contributed by atoms with van der Waals surface area (Å²) < 4.78 is 0. The molecule has 0 saturated carbocycles. The molecule has 0 aromatic rings. The quantitative estimate of drug-likeness (QED) is 0.639. The smallest absolute Gasteiger partial charge is 0.316 e. The molecule has 2 N–H and O–H groups in total. The number of aliphatic carboxylic acids is 1. The predicted molar refractivity (Wildman–Crippen MR) is 47.3 cm³/mol. The molecule has 0 aliphatic carbocycles. The Morgan fingerprint density at radius 3 is 1.69 bits per heavy atom. The standard InChI is InChI=1S/C9H16O4/c1-5(10)6(8(12)13)7(11)9(2,3)4/h5-6,10H,1-4H3,(H,12,13). The molecule has 76 valence electrons. The number of hydrogen-bond acceptors (Lipinski definition) is 3. The van der Waals surface area contributed by atoms with Crippen LogP contribution in [0.5, 0.6) is 0 Å². The van der Waals surface area contributed by atoms with Crippen molar-refractivity contribution in [2.45, 2.75) is 33.8 Å². The highest BCUT2D eigenvalue weighted by Gasteiger charge is 2.37. The summed E-state index contributed by atoms with van der Waals surface area (Å²) in [4.78, 5) is 22.2. The molecule has 0 aliphatic heterocycles. The summed E-state index contributed by atoms with van der Waals surface area (Å²) in [6.45, 7) is 6.21. The fourth-order valence-electron chi connectivity index (χ4n) is 1.00. The van der Waals surface area contributed by atoms with Crippen LogP contribution in [0.15, 0.2) is 0 Å². The molecule has 2 atom stereocenters. The molecule has 0 aliphatic rings. The van der Waals surface area contributed by atoms with Crippen LogP contribution >= 0.6 is 0 Å². The first-order chi connectivity index (χ1) is 5.68. The molecule has 0 heterocycles. The Bertz CT molecular complexity index is 212. The van der Waals surface area contributed by atoms with Crippen molar-refractivity contribution in [3.63, 3.8) is 0 Å².